The summed E-state index contributed by atoms with van der Waals surface area (Å²) in [6.45, 7) is 1.72. The molecule has 0 saturated carbocycles. The van der Waals surface area contributed by atoms with Gasteiger partial charge in [-0.05, 0) is 18.9 Å². The molecule has 0 N–H and O–H groups in total. The molecule has 1 fully saturated rings. The van der Waals surface area contributed by atoms with E-state index in [0.29, 0.717) is 22.4 Å². The van der Waals surface area contributed by atoms with Crippen LogP contribution in [0.3, 0.4) is 0 Å². The summed E-state index contributed by atoms with van der Waals surface area (Å²) < 4.78 is 14.4. The third-order valence-electron chi connectivity index (χ3n) is 4.33. The lowest BCUT2D eigenvalue weighted by molar-refractivity contribution is 0.624. The molecule has 0 aliphatic carbocycles. The van der Waals surface area contributed by atoms with Gasteiger partial charge in [-0.25, -0.2) is 14.4 Å². The van der Waals surface area contributed by atoms with Crippen molar-refractivity contribution < 1.29 is 4.39 Å². The molecule has 2 aromatic carbocycles. The number of hydrogen-bond donors (Lipinski definition) is 0. The van der Waals surface area contributed by atoms with Crippen molar-refractivity contribution in [3.63, 3.8) is 0 Å². The molecule has 0 spiro atoms. The maximum absolute atomic E-state index is 14.4. The van der Waals surface area contributed by atoms with Crippen LogP contribution in [0.2, 0.25) is 0 Å². The first kappa shape index (κ1) is 14.6. The molecule has 1 aliphatic rings. The molecule has 2 heterocycles. The molecule has 5 heteroatoms. The Hall–Kier alpha value is -3.00. The second kappa shape index (κ2) is 5.89. The van der Waals surface area contributed by atoms with Gasteiger partial charge in [-0.15, -0.1) is 0 Å². The van der Waals surface area contributed by atoms with Crippen molar-refractivity contribution in [3.05, 3.63) is 54.0 Å². The third-order valence-corrected chi connectivity index (χ3v) is 4.33. The van der Waals surface area contributed by atoms with Gasteiger partial charge >= 0.3 is 0 Å². The lowest BCUT2D eigenvalue weighted by Crippen LogP contribution is -2.19. The Morgan fingerprint density at radius 2 is 1.71 bits per heavy atom. The lowest BCUT2D eigenvalue weighted by Gasteiger charge is -2.18. The van der Waals surface area contributed by atoms with Crippen molar-refractivity contribution in [1.82, 2.24) is 9.97 Å². The topological polar surface area (TPSA) is 52.8 Å². The first-order chi connectivity index (χ1) is 11.8. The van der Waals surface area contributed by atoms with Crippen molar-refractivity contribution in [1.29, 1.82) is 5.26 Å². The van der Waals surface area contributed by atoms with Gasteiger partial charge in [-0.3, -0.25) is 0 Å². The molecule has 0 unspecified atom stereocenters. The number of halogens is 1. The van der Waals surface area contributed by atoms with E-state index in [1.54, 1.807) is 6.07 Å². The highest BCUT2D eigenvalue weighted by Crippen LogP contribution is 2.29. The number of rotatable bonds is 2. The van der Waals surface area contributed by atoms with E-state index in [0.717, 1.165) is 31.5 Å². The molecule has 1 aromatic heterocycles. The highest BCUT2D eigenvalue weighted by molar-refractivity contribution is 5.83. The number of benzene rings is 2. The molecular weight excluding hydrogens is 303 g/mol. The molecule has 0 atom stereocenters. The first-order valence-electron chi connectivity index (χ1n) is 7.98. The zero-order chi connectivity index (χ0) is 16.5. The largest absolute Gasteiger partial charge is 0.369 e. The van der Waals surface area contributed by atoms with Gasteiger partial charge in [-0.2, -0.15) is 5.26 Å². The minimum atomic E-state index is -0.310. The van der Waals surface area contributed by atoms with E-state index < -0.39 is 0 Å². The molecule has 0 amide bonds. The average molecular weight is 318 g/mol. The summed E-state index contributed by atoms with van der Waals surface area (Å²) in [6, 6.07) is 14.7. The highest BCUT2D eigenvalue weighted by Gasteiger charge is 2.19. The fourth-order valence-corrected chi connectivity index (χ4v) is 3.14. The maximum Gasteiger partial charge on any atom is 0.167 e. The molecule has 0 radical (unpaired) electrons. The van der Waals surface area contributed by atoms with E-state index in [-0.39, 0.29) is 11.5 Å². The molecule has 4 rings (SSSR count). The van der Waals surface area contributed by atoms with Crippen molar-refractivity contribution in [2.75, 3.05) is 18.0 Å². The van der Waals surface area contributed by atoms with E-state index in [1.807, 2.05) is 35.2 Å². The van der Waals surface area contributed by atoms with Crippen LogP contribution in [0, 0.1) is 17.1 Å². The SMILES string of the molecule is N#Cc1nc2cc(F)c(N3CCCC3)cc2nc1-c1ccccc1. The summed E-state index contributed by atoms with van der Waals surface area (Å²) in [5, 5.41) is 9.38. The van der Waals surface area contributed by atoms with Crippen LogP contribution >= 0.6 is 0 Å². The fourth-order valence-electron chi connectivity index (χ4n) is 3.14. The molecule has 24 heavy (non-hydrogen) atoms. The van der Waals surface area contributed by atoms with Gasteiger partial charge < -0.3 is 4.90 Å². The monoisotopic (exact) mass is 318 g/mol. The normalized spacial score (nSPS) is 14.1. The second-order valence-electron chi connectivity index (χ2n) is 5.89. The fraction of sp³-hybridized carbons (Fsp3) is 0.211. The zero-order valence-corrected chi connectivity index (χ0v) is 13.0. The van der Waals surface area contributed by atoms with Crippen LogP contribution in [0.4, 0.5) is 10.1 Å². The van der Waals surface area contributed by atoms with Gasteiger partial charge in [0.2, 0.25) is 0 Å². The third kappa shape index (κ3) is 2.46. The van der Waals surface area contributed by atoms with Crippen LogP contribution in [0.5, 0.6) is 0 Å². The molecule has 3 aromatic rings. The highest BCUT2D eigenvalue weighted by atomic mass is 19.1. The Bertz CT molecular complexity index is 941. The van der Waals surface area contributed by atoms with E-state index in [9.17, 15) is 9.65 Å². The summed E-state index contributed by atoms with van der Waals surface area (Å²) in [6.07, 6.45) is 2.15. The van der Waals surface area contributed by atoms with Crippen molar-refractivity contribution in [3.8, 4) is 17.3 Å². The van der Waals surface area contributed by atoms with Crippen molar-refractivity contribution in [2.45, 2.75) is 12.8 Å². The quantitative estimate of drug-likeness (QED) is 0.719. The maximum atomic E-state index is 14.4. The summed E-state index contributed by atoms with van der Waals surface area (Å²) in [4.78, 5) is 11.0. The van der Waals surface area contributed by atoms with E-state index in [1.165, 1.54) is 6.07 Å². The smallest absolute Gasteiger partial charge is 0.167 e. The predicted octanol–water partition coefficient (Wildman–Crippen LogP) is 3.91. The number of fused-ring (bicyclic) bond motifs is 1. The number of hydrogen-bond acceptors (Lipinski definition) is 4. The molecule has 1 saturated heterocycles. The van der Waals surface area contributed by atoms with Gasteiger partial charge in [0, 0.05) is 24.7 Å². The van der Waals surface area contributed by atoms with Crippen LogP contribution in [-0.2, 0) is 0 Å². The number of aromatic nitrogens is 2. The molecule has 1 aliphatic heterocycles. The van der Waals surface area contributed by atoms with Crippen LogP contribution in [0.15, 0.2) is 42.5 Å². The minimum Gasteiger partial charge on any atom is -0.369 e. The van der Waals surface area contributed by atoms with Gasteiger partial charge in [0.1, 0.15) is 17.6 Å². The first-order valence-corrected chi connectivity index (χ1v) is 7.98. The van der Waals surface area contributed by atoms with Crippen LogP contribution in [0.25, 0.3) is 22.3 Å². The van der Waals surface area contributed by atoms with E-state index in [4.69, 9.17) is 0 Å². The second-order valence-corrected chi connectivity index (χ2v) is 5.89. The predicted molar refractivity (Wildman–Crippen MR) is 91.1 cm³/mol. The van der Waals surface area contributed by atoms with Gasteiger partial charge in [0.25, 0.3) is 0 Å². The van der Waals surface area contributed by atoms with Crippen LogP contribution in [0.1, 0.15) is 18.5 Å². The number of nitrogens with zero attached hydrogens (tertiary/aromatic N) is 4. The van der Waals surface area contributed by atoms with Gasteiger partial charge in [-0.1, -0.05) is 30.3 Å². The Kier molecular flexibility index (Phi) is 3.58. The number of anilines is 1. The zero-order valence-electron chi connectivity index (χ0n) is 13.0. The van der Waals surface area contributed by atoms with Crippen molar-refractivity contribution >= 4 is 16.7 Å². The Labute approximate surface area is 139 Å². The molecule has 4 nitrogen and oxygen atoms in total. The molecular formula is C19H15FN4. The Morgan fingerprint density at radius 3 is 2.42 bits per heavy atom. The van der Waals surface area contributed by atoms with Crippen molar-refractivity contribution in [2.24, 2.45) is 0 Å². The molecule has 0 bridgehead atoms. The average Bonchev–Trinajstić information content (AvgIpc) is 3.15. The van der Waals surface area contributed by atoms with Crippen LogP contribution in [-0.4, -0.2) is 23.1 Å². The standard InChI is InChI=1S/C19H15FN4/c20-14-10-15-16(11-18(14)24-8-4-5-9-24)23-19(17(12-21)22-15)13-6-2-1-3-7-13/h1-3,6-7,10-11H,4-5,8-9H2. The minimum absolute atomic E-state index is 0.210. The summed E-state index contributed by atoms with van der Waals surface area (Å²) in [5.41, 5.74) is 3.16. The van der Waals surface area contributed by atoms with Gasteiger partial charge in [0.05, 0.1) is 16.7 Å². The van der Waals surface area contributed by atoms with Gasteiger partial charge in [0.15, 0.2) is 5.69 Å². The number of nitriles is 1. The van der Waals surface area contributed by atoms with Crippen LogP contribution < -0.4 is 4.90 Å². The lowest BCUT2D eigenvalue weighted by atomic mass is 10.1. The summed E-state index contributed by atoms with van der Waals surface area (Å²) in [7, 11) is 0. The summed E-state index contributed by atoms with van der Waals surface area (Å²) in [5.74, 6) is -0.310. The summed E-state index contributed by atoms with van der Waals surface area (Å²) >= 11 is 0. The van der Waals surface area contributed by atoms with E-state index in [2.05, 4.69) is 16.0 Å². The molecule has 118 valence electrons. The Morgan fingerprint density at radius 1 is 1.00 bits per heavy atom. The van der Waals surface area contributed by atoms with E-state index >= 15 is 0 Å². The Balaban J connectivity index is 1.91.